The standard InChI is InChI=1S/C12H10FN3O/c1-8-2-5-15-11(6-8)16-12(17)9-3-4-14-7-10(9)13/h2-7H,1H3,(H,15,16,17). The maximum absolute atomic E-state index is 13.3. The number of pyridine rings is 2. The highest BCUT2D eigenvalue weighted by molar-refractivity contribution is 6.03. The summed E-state index contributed by atoms with van der Waals surface area (Å²) < 4.78 is 13.3. The molecule has 5 heteroatoms. The molecule has 0 aliphatic rings. The van der Waals surface area contributed by atoms with Crippen LogP contribution in [0.5, 0.6) is 0 Å². The Morgan fingerprint density at radius 2 is 2.18 bits per heavy atom. The number of aryl methyl sites for hydroxylation is 1. The fourth-order valence-electron chi connectivity index (χ4n) is 1.35. The first-order valence-corrected chi connectivity index (χ1v) is 5.00. The fourth-order valence-corrected chi connectivity index (χ4v) is 1.35. The number of hydrogen-bond donors (Lipinski definition) is 1. The Hall–Kier alpha value is -2.30. The maximum Gasteiger partial charge on any atom is 0.259 e. The lowest BCUT2D eigenvalue weighted by molar-refractivity contribution is 0.102. The van der Waals surface area contributed by atoms with Crippen LogP contribution in [0.4, 0.5) is 10.2 Å². The lowest BCUT2D eigenvalue weighted by Crippen LogP contribution is -2.14. The molecule has 1 N–H and O–H groups in total. The van der Waals surface area contributed by atoms with E-state index in [-0.39, 0.29) is 5.56 Å². The second-order valence-electron chi connectivity index (χ2n) is 3.53. The minimum absolute atomic E-state index is 0.0525. The molecular weight excluding hydrogens is 221 g/mol. The Kier molecular flexibility index (Phi) is 3.09. The van der Waals surface area contributed by atoms with Crippen molar-refractivity contribution in [2.24, 2.45) is 0 Å². The molecule has 0 aliphatic carbocycles. The molecule has 0 radical (unpaired) electrons. The first-order chi connectivity index (χ1) is 8.16. The molecule has 1 amide bonds. The largest absolute Gasteiger partial charge is 0.306 e. The van der Waals surface area contributed by atoms with Crippen LogP contribution < -0.4 is 5.32 Å². The molecule has 86 valence electrons. The van der Waals surface area contributed by atoms with Crippen molar-refractivity contribution in [3.8, 4) is 0 Å². The Bertz CT molecular complexity index is 557. The highest BCUT2D eigenvalue weighted by Gasteiger charge is 2.11. The normalized spacial score (nSPS) is 10.0. The number of nitrogens with one attached hydrogen (secondary N) is 1. The summed E-state index contributed by atoms with van der Waals surface area (Å²) >= 11 is 0. The van der Waals surface area contributed by atoms with Crippen molar-refractivity contribution < 1.29 is 9.18 Å². The monoisotopic (exact) mass is 231 g/mol. The second-order valence-corrected chi connectivity index (χ2v) is 3.53. The summed E-state index contributed by atoms with van der Waals surface area (Å²) in [5.41, 5.74) is 0.911. The van der Waals surface area contributed by atoms with E-state index in [9.17, 15) is 9.18 Å². The van der Waals surface area contributed by atoms with E-state index in [2.05, 4.69) is 15.3 Å². The predicted octanol–water partition coefficient (Wildman–Crippen LogP) is 2.18. The average Bonchev–Trinajstić information content (AvgIpc) is 2.29. The summed E-state index contributed by atoms with van der Waals surface area (Å²) in [6.45, 7) is 1.88. The molecule has 2 rings (SSSR count). The van der Waals surface area contributed by atoms with E-state index in [4.69, 9.17) is 0 Å². The van der Waals surface area contributed by atoms with Gasteiger partial charge in [-0.05, 0) is 30.7 Å². The third kappa shape index (κ3) is 2.63. The number of nitrogens with zero attached hydrogens (tertiary/aromatic N) is 2. The molecule has 0 saturated heterocycles. The highest BCUT2D eigenvalue weighted by atomic mass is 19.1. The number of carbonyl (C=O) groups is 1. The fraction of sp³-hybridized carbons (Fsp3) is 0.0833. The van der Waals surface area contributed by atoms with Gasteiger partial charge in [0.1, 0.15) is 5.82 Å². The summed E-state index contributed by atoms with van der Waals surface area (Å²) in [6.07, 6.45) is 3.94. The molecule has 0 unspecified atom stereocenters. The Labute approximate surface area is 97.5 Å². The minimum Gasteiger partial charge on any atom is -0.306 e. The second kappa shape index (κ2) is 4.69. The first-order valence-electron chi connectivity index (χ1n) is 5.00. The van der Waals surface area contributed by atoms with Crippen LogP contribution in [-0.4, -0.2) is 15.9 Å². The third-order valence-electron chi connectivity index (χ3n) is 2.17. The van der Waals surface area contributed by atoms with Gasteiger partial charge in [0.05, 0.1) is 11.8 Å². The number of carbonyl (C=O) groups excluding carboxylic acids is 1. The van der Waals surface area contributed by atoms with Crippen molar-refractivity contribution in [1.82, 2.24) is 9.97 Å². The Morgan fingerprint density at radius 1 is 1.35 bits per heavy atom. The first kappa shape index (κ1) is 11.2. The van der Waals surface area contributed by atoms with Gasteiger partial charge in [0.2, 0.25) is 0 Å². The van der Waals surface area contributed by atoms with Gasteiger partial charge >= 0.3 is 0 Å². The van der Waals surface area contributed by atoms with Crippen LogP contribution in [0.2, 0.25) is 0 Å². The summed E-state index contributed by atoms with van der Waals surface area (Å²) in [4.78, 5) is 19.3. The van der Waals surface area contributed by atoms with Crippen molar-refractivity contribution >= 4 is 11.7 Å². The zero-order valence-corrected chi connectivity index (χ0v) is 9.14. The number of halogens is 1. The molecule has 0 fully saturated rings. The molecule has 0 aliphatic heterocycles. The van der Waals surface area contributed by atoms with E-state index < -0.39 is 11.7 Å². The SMILES string of the molecule is Cc1ccnc(NC(=O)c2ccncc2F)c1. The molecular formula is C12H10FN3O. The quantitative estimate of drug-likeness (QED) is 0.861. The molecule has 0 spiro atoms. The van der Waals surface area contributed by atoms with Gasteiger partial charge in [0.25, 0.3) is 5.91 Å². The van der Waals surface area contributed by atoms with Gasteiger partial charge < -0.3 is 5.32 Å². The summed E-state index contributed by atoms with van der Waals surface area (Å²) in [5, 5.41) is 2.52. The number of aromatic nitrogens is 2. The van der Waals surface area contributed by atoms with Crippen molar-refractivity contribution in [1.29, 1.82) is 0 Å². The summed E-state index contributed by atoms with van der Waals surface area (Å²) in [5.74, 6) is -0.799. The van der Waals surface area contributed by atoms with Crippen molar-refractivity contribution in [2.45, 2.75) is 6.92 Å². The Balaban J connectivity index is 2.20. The molecule has 0 aromatic carbocycles. The lowest BCUT2D eigenvalue weighted by atomic mass is 10.2. The van der Waals surface area contributed by atoms with E-state index >= 15 is 0 Å². The van der Waals surface area contributed by atoms with E-state index in [1.165, 1.54) is 12.3 Å². The molecule has 2 heterocycles. The van der Waals surface area contributed by atoms with Crippen LogP contribution in [0.3, 0.4) is 0 Å². The number of anilines is 1. The zero-order chi connectivity index (χ0) is 12.3. The minimum atomic E-state index is -0.655. The van der Waals surface area contributed by atoms with Crippen LogP contribution in [-0.2, 0) is 0 Å². The molecule has 0 saturated carbocycles. The van der Waals surface area contributed by atoms with Crippen molar-refractivity contribution in [3.05, 3.63) is 53.7 Å². The lowest BCUT2D eigenvalue weighted by Gasteiger charge is -2.05. The van der Waals surface area contributed by atoms with Crippen molar-refractivity contribution in [2.75, 3.05) is 5.32 Å². The topological polar surface area (TPSA) is 54.9 Å². The average molecular weight is 231 g/mol. The number of amides is 1. The maximum atomic E-state index is 13.3. The molecule has 0 atom stereocenters. The number of hydrogen-bond acceptors (Lipinski definition) is 3. The molecule has 2 aromatic rings. The van der Waals surface area contributed by atoms with Gasteiger partial charge in [-0.15, -0.1) is 0 Å². The molecule has 4 nitrogen and oxygen atoms in total. The van der Waals surface area contributed by atoms with Crippen LogP contribution >= 0.6 is 0 Å². The van der Waals surface area contributed by atoms with Gasteiger partial charge in [-0.1, -0.05) is 0 Å². The van der Waals surface area contributed by atoms with Gasteiger partial charge in [0.15, 0.2) is 5.82 Å². The summed E-state index contributed by atoms with van der Waals surface area (Å²) in [7, 11) is 0. The van der Waals surface area contributed by atoms with Gasteiger partial charge in [-0.2, -0.15) is 0 Å². The predicted molar refractivity (Wildman–Crippen MR) is 61.1 cm³/mol. The van der Waals surface area contributed by atoms with Gasteiger partial charge in [-0.25, -0.2) is 9.37 Å². The van der Waals surface area contributed by atoms with Crippen molar-refractivity contribution in [3.63, 3.8) is 0 Å². The smallest absolute Gasteiger partial charge is 0.259 e. The van der Waals surface area contributed by atoms with Crippen LogP contribution in [0.1, 0.15) is 15.9 Å². The molecule has 2 aromatic heterocycles. The van der Waals surface area contributed by atoms with E-state index in [1.807, 2.05) is 13.0 Å². The van der Waals surface area contributed by atoms with E-state index in [1.54, 1.807) is 12.3 Å². The van der Waals surface area contributed by atoms with Crippen LogP contribution in [0.15, 0.2) is 36.8 Å². The van der Waals surface area contributed by atoms with Gasteiger partial charge in [-0.3, -0.25) is 9.78 Å². The van der Waals surface area contributed by atoms with E-state index in [0.717, 1.165) is 11.8 Å². The van der Waals surface area contributed by atoms with Gasteiger partial charge in [0, 0.05) is 12.4 Å². The zero-order valence-electron chi connectivity index (χ0n) is 9.14. The third-order valence-corrected chi connectivity index (χ3v) is 2.17. The summed E-state index contributed by atoms with van der Waals surface area (Å²) in [6, 6.07) is 4.83. The van der Waals surface area contributed by atoms with E-state index in [0.29, 0.717) is 5.82 Å². The number of rotatable bonds is 2. The molecule has 17 heavy (non-hydrogen) atoms. The molecule has 0 bridgehead atoms. The van der Waals surface area contributed by atoms with Crippen LogP contribution in [0, 0.1) is 12.7 Å². The highest BCUT2D eigenvalue weighted by Crippen LogP contribution is 2.10. The Morgan fingerprint density at radius 3 is 2.88 bits per heavy atom. The van der Waals surface area contributed by atoms with Crippen LogP contribution in [0.25, 0.3) is 0 Å².